The van der Waals surface area contributed by atoms with Gasteiger partial charge in [-0.15, -0.1) is 0 Å². The van der Waals surface area contributed by atoms with E-state index in [9.17, 15) is 9.90 Å². The summed E-state index contributed by atoms with van der Waals surface area (Å²) in [6.07, 6.45) is 6.33. The molecule has 2 saturated carbocycles. The fourth-order valence-electron chi connectivity index (χ4n) is 4.93. The quantitative estimate of drug-likeness (QED) is 0.832. The van der Waals surface area contributed by atoms with Gasteiger partial charge in [-0.3, -0.25) is 9.69 Å². The second kappa shape index (κ2) is 5.43. The molecule has 1 amide bonds. The van der Waals surface area contributed by atoms with Crippen LogP contribution < -0.4 is 0 Å². The number of carbonyl (C=O) groups excluding carboxylic acids is 1. The number of thioether (sulfide) groups is 1. The van der Waals surface area contributed by atoms with Crippen molar-refractivity contribution in [3.05, 3.63) is 0 Å². The molecular formula is C16H26N2O2S. The summed E-state index contributed by atoms with van der Waals surface area (Å²) in [5.74, 6) is 3.38. The Morgan fingerprint density at radius 1 is 1.14 bits per heavy atom. The molecule has 4 aliphatic rings. The van der Waals surface area contributed by atoms with Crippen LogP contribution in [0.1, 0.15) is 32.1 Å². The summed E-state index contributed by atoms with van der Waals surface area (Å²) in [6.45, 7) is 3.62. The Balaban J connectivity index is 1.33. The first-order valence-electron chi connectivity index (χ1n) is 8.49. The molecule has 4 rings (SSSR count). The van der Waals surface area contributed by atoms with Gasteiger partial charge in [0.2, 0.25) is 0 Å². The van der Waals surface area contributed by atoms with Crippen LogP contribution in [0.3, 0.4) is 0 Å². The maximum atomic E-state index is 12.5. The molecule has 1 N–H and O–H groups in total. The SMILES string of the molecule is O=C(N1CCN(C2CC3CCC2C3)CC1)C1(O)CCSC1. The number of piperazine rings is 1. The third-order valence-electron chi connectivity index (χ3n) is 6.17. The van der Waals surface area contributed by atoms with Crippen molar-refractivity contribution < 1.29 is 9.90 Å². The molecule has 2 bridgehead atoms. The van der Waals surface area contributed by atoms with Crippen molar-refractivity contribution in [3.63, 3.8) is 0 Å². The Hall–Kier alpha value is -0.260. The predicted molar refractivity (Wildman–Crippen MR) is 84.3 cm³/mol. The summed E-state index contributed by atoms with van der Waals surface area (Å²) < 4.78 is 0. The Morgan fingerprint density at radius 2 is 1.95 bits per heavy atom. The highest BCUT2D eigenvalue weighted by Crippen LogP contribution is 2.46. The zero-order valence-electron chi connectivity index (χ0n) is 12.7. The van der Waals surface area contributed by atoms with Gasteiger partial charge in [-0.2, -0.15) is 11.8 Å². The monoisotopic (exact) mass is 310 g/mol. The van der Waals surface area contributed by atoms with Crippen LogP contribution in [-0.2, 0) is 4.79 Å². The Kier molecular flexibility index (Phi) is 3.71. The van der Waals surface area contributed by atoms with Crippen LogP contribution in [0.15, 0.2) is 0 Å². The molecule has 0 spiro atoms. The van der Waals surface area contributed by atoms with Crippen molar-refractivity contribution in [2.75, 3.05) is 37.7 Å². The second-order valence-electron chi connectivity index (χ2n) is 7.40. The lowest BCUT2D eigenvalue weighted by atomic mass is 9.93. The molecule has 4 unspecified atom stereocenters. The standard InChI is InChI=1S/C16H26N2O2S/c19-15(16(20)3-8-21-11-16)18-6-4-17(5-7-18)14-10-12-1-2-13(14)9-12/h12-14,20H,1-11H2. The summed E-state index contributed by atoms with van der Waals surface area (Å²) in [7, 11) is 0. The lowest BCUT2D eigenvalue weighted by Crippen LogP contribution is -2.58. The fourth-order valence-corrected chi connectivity index (χ4v) is 6.16. The first kappa shape index (κ1) is 14.3. The lowest BCUT2D eigenvalue weighted by molar-refractivity contribution is -0.151. The summed E-state index contributed by atoms with van der Waals surface area (Å²) in [4.78, 5) is 17.1. The molecule has 118 valence electrons. The molecule has 4 fully saturated rings. The van der Waals surface area contributed by atoms with Crippen molar-refractivity contribution >= 4 is 17.7 Å². The molecule has 2 aliphatic heterocycles. The van der Waals surface area contributed by atoms with E-state index in [0.717, 1.165) is 49.8 Å². The van der Waals surface area contributed by atoms with Gasteiger partial charge in [-0.25, -0.2) is 0 Å². The van der Waals surface area contributed by atoms with Gasteiger partial charge in [0, 0.05) is 38.0 Å². The number of hydrogen-bond donors (Lipinski definition) is 1. The predicted octanol–water partition coefficient (Wildman–Crippen LogP) is 1.19. The molecular weight excluding hydrogens is 284 g/mol. The van der Waals surface area contributed by atoms with Gasteiger partial charge in [0.1, 0.15) is 0 Å². The molecule has 2 aliphatic carbocycles. The van der Waals surface area contributed by atoms with E-state index >= 15 is 0 Å². The summed E-state index contributed by atoms with van der Waals surface area (Å²) in [5, 5.41) is 10.4. The second-order valence-corrected chi connectivity index (χ2v) is 8.51. The smallest absolute Gasteiger partial charge is 0.255 e. The molecule has 4 nitrogen and oxygen atoms in total. The van der Waals surface area contributed by atoms with Crippen molar-refractivity contribution in [2.24, 2.45) is 11.8 Å². The van der Waals surface area contributed by atoms with Crippen molar-refractivity contribution in [3.8, 4) is 0 Å². The average molecular weight is 310 g/mol. The molecule has 0 aromatic heterocycles. The average Bonchev–Trinajstić information content (AvgIpc) is 3.23. The minimum atomic E-state index is -1.07. The van der Waals surface area contributed by atoms with Gasteiger partial charge in [0.25, 0.3) is 5.91 Å². The van der Waals surface area contributed by atoms with Gasteiger partial charge >= 0.3 is 0 Å². The Bertz CT molecular complexity index is 417. The van der Waals surface area contributed by atoms with Gasteiger partial charge in [0.15, 0.2) is 5.60 Å². The molecule has 4 atom stereocenters. The minimum absolute atomic E-state index is 0.0138. The van der Waals surface area contributed by atoms with Crippen LogP contribution in [0.4, 0.5) is 0 Å². The van der Waals surface area contributed by atoms with E-state index in [4.69, 9.17) is 0 Å². The molecule has 0 aromatic rings. The van der Waals surface area contributed by atoms with E-state index in [2.05, 4.69) is 4.90 Å². The van der Waals surface area contributed by atoms with E-state index in [0.29, 0.717) is 12.2 Å². The highest BCUT2D eigenvalue weighted by Gasteiger charge is 2.45. The van der Waals surface area contributed by atoms with Crippen molar-refractivity contribution in [1.82, 2.24) is 9.80 Å². The summed E-state index contributed by atoms with van der Waals surface area (Å²) >= 11 is 1.69. The third kappa shape index (κ3) is 2.51. The van der Waals surface area contributed by atoms with Crippen LogP contribution in [-0.4, -0.2) is 70.1 Å². The normalized spacial score (nSPS) is 43.7. The number of aliphatic hydroxyl groups is 1. The highest BCUT2D eigenvalue weighted by molar-refractivity contribution is 7.99. The Morgan fingerprint density at radius 3 is 2.52 bits per heavy atom. The van der Waals surface area contributed by atoms with Crippen LogP contribution in [0.25, 0.3) is 0 Å². The molecule has 21 heavy (non-hydrogen) atoms. The van der Waals surface area contributed by atoms with E-state index in [1.165, 1.54) is 25.7 Å². The number of amides is 1. The van der Waals surface area contributed by atoms with Crippen molar-refractivity contribution in [1.29, 1.82) is 0 Å². The maximum absolute atomic E-state index is 12.5. The molecule has 2 saturated heterocycles. The summed E-state index contributed by atoms with van der Waals surface area (Å²) in [5.41, 5.74) is -1.07. The van der Waals surface area contributed by atoms with E-state index in [-0.39, 0.29) is 5.91 Å². The fraction of sp³-hybridized carbons (Fsp3) is 0.938. The van der Waals surface area contributed by atoms with E-state index in [1.54, 1.807) is 11.8 Å². The van der Waals surface area contributed by atoms with Gasteiger partial charge in [-0.1, -0.05) is 6.42 Å². The zero-order valence-corrected chi connectivity index (χ0v) is 13.5. The zero-order chi connectivity index (χ0) is 14.4. The molecule has 5 heteroatoms. The first-order chi connectivity index (χ1) is 10.2. The van der Waals surface area contributed by atoms with Crippen LogP contribution in [0, 0.1) is 11.8 Å². The first-order valence-corrected chi connectivity index (χ1v) is 9.65. The van der Waals surface area contributed by atoms with Gasteiger partial charge < -0.3 is 10.0 Å². The minimum Gasteiger partial charge on any atom is -0.379 e. The third-order valence-corrected chi connectivity index (χ3v) is 7.34. The van der Waals surface area contributed by atoms with Gasteiger partial charge in [0.05, 0.1) is 0 Å². The molecule has 0 aromatic carbocycles. The number of rotatable bonds is 2. The van der Waals surface area contributed by atoms with Crippen LogP contribution in [0.2, 0.25) is 0 Å². The van der Waals surface area contributed by atoms with Gasteiger partial charge in [-0.05, 0) is 43.3 Å². The molecule has 2 heterocycles. The van der Waals surface area contributed by atoms with Crippen LogP contribution >= 0.6 is 11.8 Å². The Labute approximate surface area is 131 Å². The van der Waals surface area contributed by atoms with E-state index < -0.39 is 5.60 Å². The topological polar surface area (TPSA) is 43.8 Å². The highest BCUT2D eigenvalue weighted by atomic mass is 32.2. The number of nitrogens with zero attached hydrogens (tertiary/aromatic N) is 2. The van der Waals surface area contributed by atoms with E-state index in [1.807, 2.05) is 4.90 Å². The van der Waals surface area contributed by atoms with Crippen molar-refractivity contribution in [2.45, 2.75) is 43.7 Å². The number of hydrogen-bond acceptors (Lipinski definition) is 4. The number of fused-ring (bicyclic) bond motifs is 2. The lowest BCUT2D eigenvalue weighted by Gasteiger charge is -2.42. The summed E-state index contributed by atoms with van der Waals surface area (Å²) in [6, 6.07) is 0.783. The van der Waals surface area contributed by atoms with Crippen LogP contribution in [0.5, 0.6) is 0 Å². The maximum Gasteiger partial charge on any atom is 0.255 e. The molecule has 0 radical (unpaired) electrons. The number of carbonyl (C=O) groups is 1. The largest absolute Gasteiger partial charge is 0.379 e.